The van der Waals surface area contributed by atoms with E-state index in [1.165, 1.54) is 11.8 Å². The number of aromatic nitrogens is 3. The molecule has 0 saturated carbocycles. The predicted octanol–water partition coefficient (Wildman–Crippen LogP) is 4.21. The summed E-state index contributed by atoms with van der Waals surface area (Å²) in [6, 6.07) is 11.1. The van der Waals surface area contributed by atoms with Gasteiger partial charge in [0.25, 0.3) is 5.22 Å². The molecule has 2 heterocycles. The fourth-order valence-electron chi connectivity index (χ4n) is 2.10. The average Bonchev–Trinajstić information content (AvgIpc) is 3.05. The molecule has 0 spiro atoms. The number of hydrogen-bond acceptors (Lipinski definition) is 6. The van der Waals surface area contributed by atoms with Gasteiger partial charge in [0, 0.05) is 11.8 Å². The number of rotatable bonds is 5. The predicted molar refractivity (Wildman–Crippen MR) is 97.7 cm³/mol. The number of pyridine rings is 1. The minimum absolute atomic E-state index is 0.226. The molecule has 0 unspecified atom stereocenters. The van der Waals surface area contributed by atoms with Crippen molar-refractivity contribution in [3.8, 4) is 11.5 Å². The summed E-state index contributed by atoms with van der Waals surface area (Å²) in [5.74, 6) is 0.207. The van der Waals surface area contributed by atoms with Gasteiger partial charge in [0.2, 0.25) is 11.8 Å². The van der Waals surface area contributed by atoms with Crippen molar-refractivity contribution in [2.45, 2.75) is 24.3 Å². The number of aryl methyl sites for hydroxylation is 1. The minimum Gasteiger partial charge on any atom is -0.411 e. The van der Waals surface area contributed by atoms with Gasteiger partial charge < -0.3 is 9.73 Å². The molecule has 6 nitrogen and oxygen atoms in total. The van der Waals surface area contributed by atoms with Crippen molar-refractivity contribution in [2.24, 2.45) is 0 Å². The van der Waals surface area contributed by atoms with Crippen LogP contribution in [0.5, 0.6) is 0 Å². The first-order chi connectivity index (χ1) is 12.0. The highest BCUT2D eigenvalue weighted by Crippen LogP contribution is 2.28. The molecular formula is C17H15ClN4O2S. The topological polar surface area (TPSA) is 80.9 Å². The lowest BCUT2D eigenvalue weighted by molar-refractivity contribution is -0.115. The van der Waals surface area contributed by atoms with Crippen molar-refractivity contribution in [3.05, 3.63) is 53.3 Å². The molecule has 0 aliphatic carbocycles. The Labute approximate surface area is 154 Å². The number of nitrogens with one attached hydrogen (secondary N) is 1. The molecule has 2 aromatic heterocycles. The largest absolute Gasteiger partial charge is 0.411 e. The van der Waals surface area contributed by atoms with E-state index in [4.69, 9.17) is 16.0 Å². The second-order valence-corrected chi connectivity index (χ2v) is 6.93. The summed E-state index contributed by atoms with van der Waals surface area (Å²) in [5.41, 5.74) is 2.38. The van der Waals surface area contributed by atoms with E-state index in [-0.39, 0.29) is 11.1 Å². The molecule has 25 heavy (non-hydrogen) atoms. The summed E-state index contributed by atoms with van der Waals surface area (Å²) in [6.07, 6.45) is 1.56. The summed E-state index contributed by atoms with van der Waals surface area (Å²) in [7, 11) is 0. The van der Waals surface area contributed by atoms with Crippen LogP contribution in [0.2, 0.25) is 5.15 Å². The average molecular weight is 375 g/mol. The second-order valence-electron chi connectivity index (χ2n) is 5.28. The van der Waals surface area contributed by atoms with Crippen molar-refractivity contribution in [1.29, 1.82) is 0 Å². The number of halogens is 1. The molecule has 1 amide bonds. The lowest BCUT2D eigenvalue weighted by Crippen LogP contribution is -2.22. The van der Waals surface area contributed by atoms with Gasteiger partial charge in [0.1, 0.15) is 0 Å². The normalized spacial score (nSPS) is 12.0. The Bertz CT molecular complexity index is 900. The quantitative estimate of drug-likeness (QED) is 0.532. The maximum atomic E-state index is 12.3. The van der Waals surface area contributed by atoms with Crippen molar-refractivity contribution < 1.29 is 9.21 Å². The van der Waals surface area contributed by atoms with Crippen LogP contribution in [0, 0.1) is 6.92 Å². The number of benzene rings is 1. The van der Waals surface area contributed by atoms with Gasteiger partial charge in [-0.2, -0.15) is 0 Å². The first kappa shape index (κ1) is 17.4. The van der Waals surface area contributed by atoms with E-state index in [2.05, 4.69) is 20.5 Å². The van der Waals surface area contributed by atoms with Crippen LogP contribution in [0.4, 0.5) is 5.69 Å². The number of hydrogen-bond donors (Lipinski definition) is 1. The van der Waals surface area contributed by atoms with E-state index in [1.807, 2.05) is 31.2 Å². The number of nitrogens with zero attached hydrogens (tertiary/aromatic N) is 3. The standard InChI is InChI=1S/C17H15ClN4O2S/c1-10-6-3-4-7-12(10)16-21-22-17(24-16)25-11(2)15(23)20-13-8-5-9-19-14(13)18/h3-9,11H,1-2H3,(H,20,23)/t11-/m1/s1. The van der Waals surface area contributed by atoms with Gasteiger partial charge in [-0.25, -0.2) is 4.98 Å². The van der Waals surface area contributed by atoms with Crippen LogP contribution in [0.1, 0.15) is 12.5 Å². The second kappa shape index (κ2) is 7.67. The summed E-state index contributed by atoms with van der Waals surface area (Å²) in [4.78, 5) is 16.2. The lowest BCUT2D eigenvalue weighted by atomic mass is 10.1. The number of carbonyl (C=O) groups is 1. The fourth-order valence-corrected chi connectivity index (χ4v) is 2.95. The highest BCUT2D eigenvalue weighted by Gasteiger charge is 2.20. The van der Waals surface area contributed by atoms with Gasteiger partial charge in [0.05, 0.1) is 10.9 Å². The Morgan fingerprint density at radius 2 is 2.04 bits per heavy atom. The maximum Gasteiger partial charge on any atom is 0.277 e. The molecule has 3 rings (SSSR count). The number of carbonyl (C=O) groups excluding carboxylic acids is 1. The van der Waals surface area contributed by atoms with Gasteiger partial charge in [-0.3, -0.25) is 4.79 Å². The van der Waals surface area contributed by atoms with Gasteiger partial charge in [-0.05, 0) is 37.6 Å². The maximum absolute atomic E-state index is 12.3. The van der Waals surface area contributed by atoms with Crippen molar-refractivity contribution >= 4 is 35.0 Å². The highest BCUT2D eigenvalue weighted by atomic mass is 35.5. The van der Waals surface area contributed by atoms with E-state index in [9.17, 15) is 4.79 Å². The number of anilines is 1. The zero-order chi connectivity index (χ0) is 17.8. The minimum atomic E-state index is -0.443. The molecule has 1 N–H and O–H groups in total. The van der Waals surface area contributed by atoms with Gasteiger partial charge in [0.15, 0.2) is 5.15 Å². The molecule has 8 heteroatoms. The third-order valence-electron chi connectivity index (χ3n) is 3.45. The van der Waals surface area contributed by atoms with E-state index in [0.717, 1.165) is 11.1 Å². The van der Waals surface area contributed by atoms with E-state index in [0.29, 0.717) is 16.8 Å². The Hall–Kier alpha value is -2.38. The third kappa shape index (κ3) is 4.18. The van der Waals surface area contributed by atoms with Gasteiger partial charge in [-0.15, -0.1) is 10.2 Å². The van der Waals surface area contributed by atoms with Crippen LogP contribution in [-0.4, -0.2) is 26.3 Å². The van der Waals surface area contributed by atoms with Crippen LogP contribution in [0.25, 0.3) is 11.5 Å². The lowest BCUT2D eigenvalue weighted by Gasteiger charge is -2.10. The highest BCUT2D eigenvalue weighted by molar-refractivity contribution is 8.00. The van der Waals surface area contributed by atoms with Crippen molar-refractivity contribution in [2.75, 3.05) is 5.32 Å². The molecule has 1 atom stereocenters. The van der Waals surface area contributed by atoms with Crippen LogP contribution in [0.15, 0.2) is 52.2 Å². The summed E-state index contributed by atoms with van der Waals surface area (Å²) >= 11 is 7.13. The van der Waals surface area contributed by atoms with Crippen LogP contribution in [0.3, 0.4) is 0 Å². The molecule has 0 bridgehead atoms. The molecule has 0 fully saturated rings. The van der Waals surface area contributed by atoms with E-state index >= 15 is 0 Å². The fraction of sp³-hybridized carbons (Fsp3) is 0.176. The smallest absolute Gasteiger partial charge is 0.277 e. The SMILES string of the molecule is Cc1ccccc1-c1nnc(S[C@H](C)C(=O)Nc2cccnc2Cl)o1. The Kier molecular flexibility index (Phi) is 5.35. The summed E-state index contributed by atoms with van der Waals surface area (Å²) in [6.45, 7) is 3.72. The van der Waals surface area contributed by atoms with Crippen molar-refractivity contribution in [3.63, 3.8) is 0 Å². The first-order valence-electron chi connectivity index (χ1n) is 7.52. The molecule has 128 valence electrons. The van der Waals surface area contributed by atoms with Crippen molar-refractivity contribution in [1.82, 2.24) is 15.2 Å². The molecule has 3 aromatic rings. The Morgan fingerprint density at radius 1 is 1.24 bits per heavy atom. The molecule has 0 aliphatic rings. The number of amides is 1. The van der Waals surface area contributed by atoms with Crippen LogP contribution < -0.4 is 5.32 Å². The van der Waals surface area contributed by atoms with Gasteiger partial charge >= 0.3 is 0 Å². The first-order valence-corrected chi connectivity index (χ1v) is 8.78. The Morgan fingerprint density at radius 3 is 2.80 bits per heavy atom. The van der Waals surface area contributed by atoms with Crippen LogP contribution in [-0.2, 0) is 4.79 Å². The van der Waals surface area contributed by atoms with Gasteiger partial charge in [-0.1, -0.05) is 41.6 Å². The van der Waals surface area contributed by atoms with Crippen LogP contribution >= 0.6 is 23.4 Å². The zero-order valence-electron chi connectivity index (χ0n) is 13.6. The Balaban J connectivity index is 1.67. The zero-order valence-corrected chi connectivity index (χ0v) is 15.1. The molecule has 0 aliphatic heterocycles. The summed E-state index contributed by atoms with van der Waals surface area (Å²) < 4.78 is 5.67. The summed E-state index contributed by atoms with van der Waals surface area (Å²) in [5, 5.41) is 10.9. The monoisotopic (exact) mass is 374 g/mol. The number of thioether (sulfide) groups is 1. The molecule has 0 radical (unpaired) electrons. The molecule has 1 aromatic carbocycles. The third-order valence-corrected chi connectivity index (χ3v) is 4.68. The van der Waals surface area contributed by atoms with E-state index in [1.54, 1.807) is 25.3 Å². The molecule has 0 saturated heterocycles. The molecular weight excluding hydrogens is 360 g/mol. The van der Waals surface area contributed by atoms with E-state index < -0.39 is 5.25 Å².